The van der Waals surface area contributed by atoms with Crippen LogP contribution in [-0.4, -0.2) is 41.5 Å². The van der Waals surface area contributed by atoms with Gasteiger partial charge in [0.15, 0.2) is 0 Å². The number of carbonyl (C=O) groups is 1. The van der Waals surface area contributed by atoms with Gasteiger partial charge in [0.25, 0.3) is 5.91 Å². The topological polar surface area (TPSA) is 84.3 Å². The number of hydrogen-bond acceptors (Lipinski definition) is 4. The minimum Gasteiger partial charge on any atom is -0.307 e. The zero-order valence-corrected chi connectivity index (χ0v) is 19.2. The molecule has 0 radical (unpaired) electrons. The highest BCUT2D eigenvalue weighted by Crippen LogP contribution is 2.24. The van der Waals surface area contributed by atoms with Crippen LogP contribution < -0.4 is 5.32 Å². The molecular formula is C24H28N4O3S. The smallest absolute Gasteiger partial charge is 0.256 e. The lowest BCUT2D eigenvalue weighted by molar-refractivity contribution is 0.102. The summed E-state index contributed by atoms with van der Waals surface area (Å²) in [6.07, 6.45) is 3.38. The van der Waals surface area contributed by atoms with Crippen molar-refractivity contribution in [3.63, 3.8) is 0 Å². The number of aromatic nitrogens is 2. The molecule has 3 aromatic rings. The van der Waals surface area contributed by atoms with Crippen LogP contribution in [0.15, 0.2) is 65.7 Å². The minimum absolute atomic E-state index is 0.216. The Morgan fingerprint density at radius 3 is 2.34 bits per heavy atom. The summed E-state index contributed by atoms with van der Waals surface area (Å²) >= 11 is 0. The number of amides is 1. The Balaban J connectivity index is 1.44. The second kappa shape index (κ2) is 9.26. The van der Waals surface area contributed by atoms with Gasteiger partial charge in [0, 0.05) is 24.7 Å². The van der Waals surface area contributed by atoms with Crippen molar-refractivity contribution < 1.29 is 13.2 Å². The molecule has 8 heteroatoms. The van der Waals surface area contributed by atoms with Crippen molar-refractivity contribution in [1.29, 1.82) is 0 Å². The molecule has 0 aliphatic carbocycles. The van der Waals surface area contributed by atoms with Gasteiger partial charge in [0.1, 0.15) is 5.82 Å². The number of piperidine rings is 1. The first-order valence-corrected chi connectivity index (χ1v) is 12.3. The van der Waals surface area contributed by atoms with Gasteiger partial charge < -0.3 is 5.32 Å². The van der Waals surface area contributed by atoms with Crippen molar-refractivity contribution in [2.75, 3.05) is 18.4 Å². The Labute approximate surface area is 189 Å². The molecule has 0 bridgehead atoms. The molecule has 2 aromatic carbocycles. The second-order valence-electron chi connectivity index (χ2n) is 8.42. The lowest BCUT2D eigenvalue weighted by Gasteiger charge is -2.29. The summed E-state index contributed by atoms with van der Waals surface area (Å²) < 4.78 is 29.0. The molecule has 168 valence electrons. The number of hydrogen-bond donors (Lipinski definition) is 1. The number of anilines is 1. The average Bonchev–Trinajstić information content (AvgIpc) is 3.22. The van der Waals surface area contributed by atoms with Crippen LogP contribution in [0, 0.1) is 12.8 Å². The van der Waals surface area contributed by atoms with Crippen LogP contribution in [0.2, 0.25) is 0 Å². The molecule has 0 unspecified atom stereocenters. The maximum absolute atomic E-state index is 12.9. The molecule has 0 saturated carbocycles. The van der Waals surface area contributed by atoms with Gasteiger partial charge in [-0.3, -0.25) is 4.79 Å². The fourth-order valence-corrected chi connectivity index (χ4v) is 5.24. The summed E-state index contributed by atoms with van der Waals surface area (Å²) in [5.74, 6) is 0.813. The normalized spacial score (nSPS) is 15.6. The highest BCUT2D eigenvalue weighted by Gasteiger charge is 2.28. The Kier molecular flexibility index (Phi) is 6.43. The number of nitrogens with one attached hydrogen (secondary N) is 1. The summed E-state index contributed by atoms with van der Waals surface area (Å²) in [4.78, 5) is 13.0. The van der Waals surface area contributed by atoms with Gasteiger partial charge in [0.2, 0.25) is 10.0 Å². The molecule has 1 aromatic heterocycles. The molecule has 0 spiro atoms. The lowest BCUT2D eigenvalue weighted by atomic mass is 10.0. The zero-order valence-electron chi connectivity index (χ0n) is 18.4. The summed E-state index contributed by atoms with van der Waals surface area (Å²) in [5, 5.41) is 7.17. The van der Waals surface area contributed by atoms with E-state index in [-0.39, 0.29) is 10.8 Å². The average molecular weight is 453 g/mol. The van der Waals surface area contributed by atoms with Crippen LogP contribution in [-0.2, 0) is 16.6 Å². The van der Waals surface area contributed by atoms with Gasteiger partial charge >= 0.3 is 0 Å². The zero-order chi connectivity index (χ0) is 22.7. The maximum atomic E-state index is 12.9. The summed E-state index contributed by atoms with van der Waals surface area (Å²) in [7, 11) is -3.53. The van der Waals surface area contributed by atoms with Crippen molar-refractivity contribution in [3.05, 3.63) is 77.5 Å². The first kappa shape index (κ1) is 22.2. The van der Waals surface area contributed by atoms with Crippen molar-refractivity contribution in [2.24, 2.45) is 5.92 Å². The van der Waals surface area contributed by atoms with Gasteiger partial charge in [-0.25, -0.2) is 13.1 Å². The molecule has 1 aliphatic heterocycles. The number of benzene rings is 2. The largest absolute Gasteiger partial charge is 0.307 e. The Morgan fingerprint density at radius 2 is 1.69 bits per heavy atom. The van der Waals surface area contributed by atoms with E-state index in [0.717, 1.165) is 18.4 Å². The third-order valence-electron chi connectivity index (χ3n) is 5.91. The van der Waals surface area contributed by atoms with Gasteiger partial charge in [0.05, 0.1) is 17.6 Å². The Morgan fingerprint density at radius 1 is 1.03 bits per heavy atom. The summed E-state index contributed by atoms with van der Waals surface area (Å²) in [6.45, 7) is 5.79. The monoisotopic (exact) mass is 452 g/mol. The van der Waals surface area contributed by atoms with Crippen molar-refractivity contribution in [3.8, 4) is 0 Å². The van der Waals surface area contributed by atoms with E-state index < -0.39 is 10.0 Å². The fourth-order valence-electron chi connectivity index (χ4n) is 3.77. The van der Waals surface area contributed by atoms with E-state index in [9.17, 15) is 13.2 Å². The molecule has 32 heavy (non-hydrogen) atoms. The van der Waals surface area contributed by atoms with Crippen LogP contribution in [0.25, 0.3) is 0 Å². The van der Waals surface area contributed by atoms with Gasteiger partial charge in [-0.1, -0.05) is 36.8 Å². The minimum atomic E-state index is -3.53. The van der Waals surface area contributed by atoms with E-state index in [1.54, 1.807) is 29.1 Å². The van der Waals surface area contributed by atoms with Crippen molar-refractivity contribution in [1.82, 2.24) is 14.1 Å². The fraction of sp³-hybridized carbons (Fsp3) is 0.333. The molecular weight excluding hydrogens is 424 g/mol. The molecule has 1 aliphatic rings. The highest BCUT2D eigenvalue weighted by molar-refractivity contribution is 7.89. The number of carbonyl (C=O) groups excluding carboxylic acids is 1. The van der Waals surface area contributed by atoms with Gasteiger partial charge in [-0.2, -0.15) is 9.40 Å². The van der Waals surface area contributed by atoms with Gasteiger partial charge in [-0.05, 0) is 55.5 Å². The Hall–Kier alpha value is -2.97. The SMILES string of the molecule is Cc1ccc(Cn2nccc2NC(=O)c2ccc(S(=O)(=O)N3CCC(C)CC3)cc2)cc1. The Bertz CT molecular complexity index is 1180. The van der Waals surface area contributed by atoms with Crippen molar-refractivity contribution in [2.45, 2.75) is 38.1 Å². The number of nitrogens with zero attached hydrogens (tertiary/aromatic N) is 3. The maximum Gasteiger partial charge on any atom is 0.256 e. The third-order valence-corrected chi connectivity index (χ3v) is 7.82. The van der Waals surface area contributed by atoms with E-state index in [1.165, 1.54) is 22.0 Å². The van der Waals surface area contributed by atoms with Crippen LogP contribution in [0.1, 0.15) is 41.3 Å². The predicted molar refractivity (Wildman–Crippen MR) is 124 cm³/mol. The second-order valence-corrected chi connectivity index (χ2v) is 10.4. The molecule has 1 saturated heterocycles. The first-order chi connectivity index (χ1) is 15.3. The first-order valence-electron chi connectivity index (χ1n) is 10.8. The van der Waals surface area contributed by atoms with E-state index in [4.69, 9.17) is 0 Å². The van der Waals surface area contributed by atoms with Crippen LogP contribution in [0.4, 0.5) is 5.82 Å². The number of rotatable bonds is 6. The molecule has 7 nitrogen and oxygen atoms in total. The molecule has 0 atom stereocenters. The summed E-state index contributed by atoms with van der Waals surface area (Å²) in [6, 6.07) is 16.0. The van der Waals surface area contributed by atoms with E-state index in [0.29, 0.717) is 36.9 Å². The van der Waals surface area contributed by atoms with Crippen LogP contribution in [0.5, 0.6) is 0 Å². The quantitative estimate of drug-likeness (QED) is 0.615. The summed E-state index contributed by atoms with van der Waals surface area (Å²) in [5.41, 5.74) is 2.65. The third kappa shape index (κ3) is 4.92. The lowest BCUT2D eigenvalue weighted by Crippen LogP contribution is -2.37. The molecule has 4 rings (SSSR count). The molecule has 1 fully saturated rings. The van der Waals surface area contributed by atoms with E-state index in [1.807, 2.05) is 31.2 Å². The van der Waals surface area contributed by atoms with E-state index >= 15 is 0 Å². The van der Waals surface area contributed by atoms with Crippen LogP contribution in [0.3, 0.4) is 0 Å². The number of sulfonamides is 1. The predicted octanol–water partition coefficient (Wildman–Crippen LogP) is 3.91. The van der Waals surface area contributed by atoms with Crippen LogP contribution >= 0.6 is 0 Å². The molecule has 1 N–H and O–H groups in total. The van der Waals surface area contributed by atoms with Crippen molar-refractivity contribution >= 4 is 21.7 Å². The highest BCUT2D eigenvalue weighted by atomic mass is 32.2. The van der Waals surface area contributed by atoms with E-state index in [2.05, 4.69) is 17.3 Å². The van der Waals surface area contributed by atoms with Gasteiger partial charge in [-0.15, -0.1) is 0 Å². The molecule has 2 heterocycles. The standard InChI is InChI=1S/C24H28N4O3S/c1-18-3-5-20(6-4-18)17-28-23(11-14-25-28)26-24(29)21-7-9-22(10-8-21)32(30,31)27-15-12-19(2)13-16-27/h3-11,14,19H,12-13,15-17H2,1-2H3,(H,26,29). The molecule has 1 amide bonds. The number of aryl methyl sites for hydroxylation is 1.